The van der Waals surface area contributed by atoms with Gasteiger partial charge in [0.1, 0.15) is 0 Å². The minimum Gasteiger partial charge on any atom is -0.329 e. The van der Waals surface area contributed by atoms with Gasteiger partial charge in [-0.05, 0) is 12.5 Å². The molecule has 1 rings (SSSR count). The Balaban J connectivity index is 3.39. The third kappa shape index (κ3) is 1.30. The number of aromatic nitrogens is 1. The molecule has 0 aliphatic carbocycles. The van der Waals surface area contributed by atoms with E-state index in [-0.39, 0.29) is 5.56 Å². The number of nitriles is 1. The van der Waals surface area contributed by atoms with Crippen molar-refractivity contribution in [2.24, 2.45) is 0 Å². The Morgan fingerprint density at radius 2 is 2.45 bits per heavy atom. The molecule has 1 aromatic rings. The van der Waals surface area contributed by atoms with Gasteiger partial charge in [-0.3, -0.25) is 4.79 Å². The summed E-state index contributed by atoms with van der Waals surface area (Å²) in [5, 5.41) is 8.57. The van der Waals surface area contributed by atoms with E-state index in [4.69, 9.17) is 5.26 Å². The van der Waals surface area contributed by atoms with Gasteiger partial charge >= 0.3 is 0 Å². The third-order valence-electron chi connectivity index (χ3n) is 1.54. The summed E-state index contributed by atoms with van der Waals surface area (Å²) in [7, 11) is 0. The van der Waals surface area contributed by atoms with E-state index in [1.54, 1.807) is 6.07 Å². The predicted octanol–water partition coefficient (Wildman–Crippen LogP) is 0.809. The van der Waals surface area contributed by atoms with Gasteiger partial charge in [-0.2, -0.15) is 5.26 Å². The van der Waals surface area contributed by atoms with Crippen LogP contribution in [0.25, 0.3) is 0 Å². The van der Waals surface area contributed by atoms with Crippen molar-refractivity contribution in [1.82, 2.24) is 4.98 Å². The molecule has 0 saturated carbocycles. The Kier molecular flexibility index (Phi) is 2.07. The van der Waals surface area contributed by atoms with E-state index >= 15 is 0 Å². The van der Waals surface area contributed by atoms with E-state index in [9.17, 15) is 4.79 Å². The first-order chi connectivity index (χ1) is 5.29. The first-order valence-electron chi connectivity index (χ1n) is 3.40. The van der Waals surface area contributed by atoms with E-state index in [2.05, 4.69) is 4.98 Å². The molecule has 0 aliphatic heterocycles. The van der Waals surface area contributed by atoms with Crippen molar-refractivity contribution in [2.45, 2.75) is 13.3 Å². The molecule has 1 aromatic heterocycles. The summed E-state index contributed by atoms with van der Waals surface area (Å²) in [6.45, 7) is 1.85. The molecule has 11 heavy (non-hydrogen) atoms. The van der Waals surface area contributed by atoms with Crippen LogP contribution in [0.3, 0.4) is 0 Å². The fraction of sp³-hybridized carbons (Fsp3) is 0.250. The molecule has 3 heteroatoms. The van der Waals surface area contributed by atoms with Gasteiger partial charge in [0.05, 0.1) is 11.6 Å². The number of rotatable bonds is 1. The Bertz CT molecular complexity index is 346. The van der Waals surface area contributed by atoms with Crippen molar-refractivity contribution >= 4 is 0 Å². The molecule has 0 amide bonds. The molecule has 1 N–H and O–H groups in total. The van der Waals surface area contributed by atoms with Gasteiger partial charge in [0.15, 0.2) is 0 Å². The molecule has 0 unspecified atom stereocenters. The molecule has 0 fully saturated rings. The number of hydrogen-bond donors (Lipinski definition) is 1. The number of H-pyrrole nitrogens is 1. The van der Waals surface area contributed by atoms with E-state index < -0.39 is 0 Å². The minimum absolute atomic E-state index is 0.161. The first kappa shape index (κ1) is 7.55. The summed E-state index contributed by atoms with van der Waals surface area (Å²) in [6.07, 6.45) is 2.08. The van der Waals surface area contributed by atoms with Gasteiger partial charge in [0.2, 0.25) is 0 Å². The van der Waals surface area contributed by atoms with Crippen LogP contribution in [-0.4, -0.2) is 4.98 Å². The van der Waals surface area contributed by atoms with Gasteiger partial charge in [-0.1, -0.05) is 6.92 Å². The number of nitrogens with zero attached hydrogens (tertiary/aromatic N) is 1. The molecule has 0 radical (unpaired) electrons. The highest BCUT2D eigenvalue weighted by molar-refractivity contribution is 5.34. The molecule has 0 bridgehead atoms. The lowest BCUT2D eigenvalue weighted by atomic mass is 10.1. The molecule has 0 spiro atoms. The number of nitrogens with one attached hydrogen (secondary N) is 1. The second kappa shape index (κ2) is 3.02. The molecule has 56 valence electrons. The lowest BCUT2D eigenvalue weighted by Gasteiger charge is -1.95. The number of hydrogen-bond acceptors (Lipinski definition) is 2. The van der Waals surface area contributed by atoms with Gasteiger partial charge < -0.3 is 4.98 Å². The zero-order chi connectivity index (χ0) is 8.27. The topological polar surface area (TPSA) is 56.6 Å². The quantitative estimate of drug-likeness (QED) is 0.640. The van der Waals surface area contributed by atoms with Crippen molar-refractivity contribution in [2.75, 3.05) is 0 Å². The SMILES string of the molecule is CCc1c(C#N)cc[nH]c1=O. The zero-order valence-electron chi connectivity index (χ0n) is 6.22. The number of pyridine rings is 1. The molecule has 0 atom stereocenters. The van der Waals surface area contributed by atoms with Crippen LogP contribution >= 0.6 is 0 Å². The standard InChI is InChI=1S/C8H8N2O/c1-2-7-6(5-9)3-4-10-8(7)11/h3-4H,2H2,1H3,(H,10,11). The Morgan fingerprint density at radius 1 is 1.73 bits per heavy atom. The summed E-state index contributed by atoms with van der Waals surface area (Å²) < 4.78 is 0. The van der Waals surface area contributed by atoms with Crippen LogP contribution in [0.15, 0.2) is 17.1 Å². The lowest BCUT2D eigenvalue weighted by Crippen LogP contribution is -2.12. The largest absolute Gasteiger partial charge is 0.329 e. The van der Waals surface area contributed by atoms with Crippen molar-refractivity contribution in [1.29, 1.82) is 5.26 Å². The third-order valence-corrected chi connectivity index (χ3v) is 1.54. The van der Waals surface area contributed by atoms with Gasteiger partial charge in [-0.15, -0.1) is 0 Å². The van der Waals surface area contributed by atoms with Crippen LogP contribution in [0.5, 0.6) is 0 Å². The Morgan fingerprint density at radius 3 is 2.91 bits per heavy atom. The normalized spacial score (nSPS) is 9.09. The van der Waals surface area contributed by atoms with E-state index in [0.717, 1.165) is 0 Å². The lowest BCUT2D eigenvalue weighted by molar-refractivity contribution is 1.05. The second-order valence-electron chi connectivity index (χ2n) is 2.16. The smallest absolute Gasteiger partial charge is 0.252 e. The number of aromatic amines is 1. The maximum Gasteiger partial charge on any atom is 0.252 e. The van der Waals surface area contributed by atoms with Crippen LogP contribution in [0.4, 0.5) is 0 Å². The predicted molar refractivity (Wildman–Crippen MR) is 41.2 cm³/mol. The monoisotopic (exact) mass is 148 g/mol. The summed E-state index contributed by atoms with van der Waals surface area (Å²) in [6, 6.07) is 3.58. The average Bonchev–Trinajstić information content (AvgIpc) is 2.04. The minimum atomic E-state index is -0.161. The molecule has 0 saturated heterocycles. The van der Waals surface area contributed by atoms with Crippen LogP contribution in [0, 0.1) is 11.3 Å². The van der Waals surface area contributed by atoms with Crippen molar-refractivity contribution in [3.63, 3.8) is 0 Å². The van der Waals surface area contributed by atoms with Crippen LogP contribution in [-0.2, 0) is 6.42 Å². The molecule has 1 heterocycles. The van der Waals surface area contributed by atoms with Gasteiger partial charge in [0, 0.05) is 11.8 Å². The highest BCUT2D eigenvalue weighted by Crippen LogP contribution is 1.99. The zero-order valence-corrected chi connectivity index (χ0v) is 6.22. The summed E-state index contributed by atoms with van der Waals surface area (Å²) in [5.41, 5.74) is 0.873. The molecular weight excluding hydrogens is 140 g/mol. The first-order valence-corrected chi connectivity index (χ1v) is 3.40. The molecule has 3 nitrogen and oxygen atoms in total. The highest BCUT2D eigenvalue weighted by Gasteiger charge is 2.01. The van der Waals surface area contributed by atoms with Crippen molar-refractivity contribution in [3.8, 4) is 6.07 Å². The maximum absolute atomic E-state index is 11.0. The van der Waals surface area contributed by atoms with Crippen LogP contribution in [0.1, 0.15) is 18.1 Å². The summed E-state index contributed by atoms with van der Waals surface area (Å²) in [4.78, 5) is 13.5. The second-order valence-corrected chi connectivity index (χ2v) is 2.16. The van der Waals surface area contributed by atoms with E-state index in [1.807, 2.05) is 13.0 Å². The Hall–Kier alpha value is -1.56. The van der Waals surface area contributed by atoms with E-state index in [0.29, 0.717) is 17.5 Å². The maximum atomic E-state index is 11.0. The molecule has 0 aromatic carbocycles. The molecule has 0 aliphatic rings. The van der Waals surface area contributed by atoms with Gasteiger partial charge in [-0.25, -0.2) is 0 Å². The Labute approximate surface area is 64.3 Å². The highest BCUT2D eigenvalue weighted by atomic mass is 16.1. The van der Waals surface area contributed by atoms with Crippen molar-refractivity contribution < 1.29 is 0 Å². The van der Waals surface area contributed by atoms with E-state index in [1.165, 1.54) is 6.20 Å². The average molecular weight is 148 g/mol. The van der Waals surface area contributed by atoms with Crippen molar-refractivity contribution in [3.05, 3.63) is 33.7 Å². The molecular formula is C8H8N2O. The summed E-state index contributed by atoms with van der Waals surface area (Å²) in [5.74, 6) is 0. The van der Waals surface area contributed by atoms with Gasteiger partial charge in [0.25, 0.3) is 5.56 Å². The fourth-order valence-electron chi connectivity index (χ4n) is 0.966. The van der Waals surface area contributed by atoms with Crippen LogP contribution in [0.2, 0.25) is 0 Å². The van der Waals surface area contributed by atoms with Crippen LogP contribution < -0.4 is 5.56 Å². The fourth-order valence-corrected chi connectivity index (χ4v) is 0.966. The summed E-state index contributed by atoms with van der Waals surface area (Å²) >= 11 is 0.